The minimum Gasteiger partial charge on any atom is -0.333 e. The molecule has 2 aromatic rings. The Hall–Kier alpha value is -0.910. The average Bonchev–Trinajstić information content (AvgIpc) is 2.96. The van der Waals surface area contributed by atoms with E-state index in [0.29, 0.717) is 11.7 Å². The van der Waals surface area contributed by atoms with E-state index >= 15 is 0 Å². The molecule has 0 saturated heterocycles. The van der Waals surface area contributed by atoms with E-state index in [1.165, 1.54) is 4.88 Å². The molecule has 2 heterocycles. The zero-order valence-corrected chi connectivity index (χ0v) is 11.8. The van der Waals surface area contributed by atoms with Crippen LogP contribution in [0, 0.1) is 6.92 Å². The molecule has 0 atom stereocenters. The summed E-state index contributed by atoms with van der Waals surface area (Å²) in [5.74, 6) is 1.26. The van der Waals surface area contributed by atoms with Crippen LogP contribution < -0.4 is 5.73 Å². The van der Waals surface area contributed by atoms with Gasteiger partial charge in [0, 0.05) is 4.88 Å². The normalized spacial score (nSPS) is 17.7. The molecule has 1 fully saturated rings. The van der Waals surface area contributed by atoms with Gasteiger partial charge in [0.2, 0.25) is 0 Å². The smallest absolute Gasteiger partial charge is 0.268 e. The lowest BCUT2D eigenvalue weighted by Crippen LogP contribution is -2.34. The molecule has 0 radical (unpaired) electrons. The summed E-state index contributed by atoms with van der Waals surface area (Å²) in [6.45, 7) is 2.06. The molecule has 1 aliphatic carbocycles. The van der Waals surface area contributed by atoms with Crippen LogP contribution >= 0.6 is 23.7 Å². The Morgan fingerprint density at radius 1 is 1.33 bits per heavy atom. The quantitative estimate of drug-likeness (QED) is 0.920. The van der Waals surface area contributed by atoms with Gasteiger partial charge in [0.1, 0.15) is 0 Å². The van der Waals surface area contributed by atoms with Crippen molar-refractivity contribution < 1.29 is 4.52 Å². The van der Waals surface area contributed by atoms with Crippen molar-refractivity contribution in [3.63, 3.8) is 0 Å². The molecule has 3 rings (SSSR count). The van der Waals surface area contributed by atoms with Crippen LogP contribution in [0.2, 0.25) is 0 Å². The first-order valence-electron chi connectivity index (χ1n) is 5.87. The van der Waals surface area contributed by atoms with Gasteiger partial charge in [0.15, 0.2) is 5.82 Å². The first kappa shape index (κ1) is 13.5. The molecule has 0 bridgehead atoms. The van der Waals surface area contributed by atoms with Gasteiger partial charge >= 0.3 is 0 Å². The molecule has 18 heavy (non-hydrogen) atoms. The van der Waals surface area contributed by atoms with E-state index in [1.807, 2.05) is 6.07 Å². The number of hydrogen-bond donors (Lipinski definition) is 1. The van der Waals surface area contributed by atoms with Gasteiger partial charge in [-0.2, -0.15) is 4.98 Å². The third-order valence-corrected chi connectivity index (χ3v) is 4.31. The summed E-state index contributed by atoms with van der Waals surface area (Å²) < 4.78 is 5.31. The van der Waals surface area contributed by atoms with E-state index in [-0.39, 0.29) is 17.9 Å². The molecule has 6 heteroatoms. The highest BCUT2D eigenvalue weighted by Gasteiger charge is 2.36. The Morgan fingerprint density at radius 2 is 2.06 bits per heavy atom. The van der Waals surface area contributed by atoms with Crippen molar-refractivity contribution in [1.29, 1.82) is 0 Å². The Labute approximate surface area is 116 Å². The summed E-state index contributed by atoms with van der Waals surface area (Å²) in [5.41, 5.74) is 5.93. The monoisotopic (exact) mass is 285 g/mol. The van der Waals surface area contributed by atoms with Crippen LogP contribution in [-0.4, -0.2) is 10.1 Å². The molecule has 4 nitrogen and oxygen atoms in total. The van der Waals surface area contributed by atoms with Crippen LogP contribution in [0.4, 0.5) is 0 Å². The molecule has 2 N–H and O–H groups in total. The van der Waals surface area contributed by atoms with E-state index in [4.69, 9.17) is 10.3 Å². The fourth-order valence-electron chi connectivity index (χ4n) is 2.30. The van der Waals surface area contributed by atoms with Crippen molar-refractivity contribution in [3.8, 4) is 10.8 Å². The second-order valence-corrected chi connectivity index (χ2v) is 5.98. The third kappa shape index (κ3) is 2.30. The van der Waals surface area contributed by atoms with E-state index in [0.717, 1.165) is 30.6 Å². The number of hydrogen-bond acceptors (Lipinski definition) is 5. The molecular weight excluding hydrogens is 270 g/mol. The van der Waals surface area contributed by atoms with Crippen LogP contribution in [0.5, 0.6) is 0 Å². The Bertz CT molecular complexity index is 531. The second-order valence-electron chi connectivity index (χ2n) is 4.70. The largest absolute Gasteiger partial charge is 0.333 e. The van der Waals surface area contributed by atoms with Crippen molar-refractivity contribution in [2.75, 3.05) is 0 Å². The number of aromatic nitrogens is 2. The van der Waals surface area contributed by atoms with Crippen molar-refractivity contribution in [3.05, 3.63) is 22.8 Å². The molecule has 0 aromatic carbocycles. The first-order chi connectivity index (χ1) is 8.17. The number of rotatable bonds is 2. The lowest BCUT2D eigenvalue weighted by atomic mass is 9.99. The predicted octanol–water partition coefficient (Wildman–Crippen LogP) is 3.26. The van der Waals surface area contributed by atoms with Crippen molar-refractivity contribution in [1.82, 2.24) is 10.1 Å². The van der Waals surface area contributed by atoms with Gasteiger partial charge < -0.3 is 10.3 Å². The van der Waals surface area contributed by atoms with E-state index in [1.54, 1.807) is 11.3 Å². The zero-order chi connectivity index (χ0) is 11.9. The molecule has 0 spiro atoms. The maximum absolute atomic E-state index is 6.30. The number of halogens is 1. The summed E-state index contributed by atoms with van der Waals surface area (Å²) in [6.07, 6.45) is 4.21. The lowest BCUT2D eigenvalue weighted by Gasteiger charge is -2.17. The number of nitrogens with two attached hydrogens (primary N) is 1. The van der Waals surface area contributed by atoms with Gasteiger partial charge in [-0.3, -0.25) is 0 Å². The number of thiophene rings is 1. The maximum atomic E-state index is 6.30. The molecule has 0 amide bonds. The van der Waals surface area contributed by atoms with Crippen LogP contribution in [-0.2, 0) is 5.54 Å². The summed E-state index contributed by atoms with van der Waals surface area (Å²) in [5, 5.41) is 4.05. The van der Waals surface area contributed by atoms with E-state index in [2.05, 4.69) is 23.1 Å². The highest BCUT2D eigenvalue weighted by Crippen LogP contribution is 2.36. The third-order valence-electron chi connectivity index (χ3n) is 3.32. The zero-order valence-electron chi connectivity index (χ0n) is 10.2. The van der Waals surface area contributed by atoms with Crippen LogP contribution in [0.15, 0.2) is 16.7 Å². The average molecular weight is 286 g/mol. The van der Waals surface area contributed by atoms with Gasteiger partial charge in [-0.15, -0.1) is 23.7 Å². The lowest BCUT2D eigenvalue weighted by molar-refractivity contribution is 0.373. The molecule has 2 aromatic heterocycles. The first-order valence-corrected chi connectivity index (χ1v) is 6.69. The van der Waals surface area contributed by atoms with Crippen molar-refractivity contribution in [2.45, 2.75) is 38.1 Å². The summed E-state index contributed by atoms with van der Waals surface area (Å²) >= 11 is 1.66. The fraction of sp³-hybridized carbons (Fsp3) is 0.500. The van der Waals surface area contributed by atoms with Crippen molar-refractivity contribution >= 4 is 23.7 Å². The Balaban J connectivity index is 0.00000120. The van der Waals surface area contributed by atoms with Crippen molar-refractivity contribution in [2.24, 2.45) is 5.73 Å². The molecule has 98 valence electrons. The maximum Gasteiger partial charge on any atom is 0.268 e. The Kier molecular flexibility index (Phi) is 3.75. The standard InChI is InChI=1S/C12H15N3OS.ClH/c1-8-4-5-9(17-8)10-14-11(15-16-10)12(13)6-2-3-7-12;/h4-5H,2-3,6-7,13H2,1H3;1H. The summed E-state index contributed by atoms with van der Waals surface area (Å²) in [4.78, 5) is 6.71. The van der Waals surface area contributed by atoms with Crippen LogP contribution in [0.25, 0.3) is 10.8 Å². The minimum atomic E-state index is -0.367. The summed E-state index contributed by atoms with van der Waals surface area (Å²) in [6, 6.07) is 4.06. The molecule has 1 aliphatic rings. The number of nitrogens with zero attached hydrogens (tertiary/aromatic N) is 2. The van der Waals surface area contributed by atoms with Gasteiger partial charge in [-0.05, 0) is 31.9 Å². The van der Waals surface area contributed by atoms with Gasteiger partial charge in [-0.1, -0.05) is 18.0 Å². The molecule has 1 saturated carbocycles. The fourth-order valence-corrected chi connectivity index (χ4v) is 3.09. The molecular formula is C12H16ClN3OS. The van der Waals surface area contributed by atoms with Gasteiger partial charge in [-0.25, -0.2) is 0 Å². The van der Waals surface area contributed by atoms with E-state index < -0.39 is 0 Å². The van der Waals surface area contributed by atoms with Crippen LogP contribution in [0.1, 0.15) is 36.4 Å². The Morgan fingerprint density at radius 3 is 2.67 bits per heavy atom. The summed E-state index contributed by atoms with van der Waals surface area (Å²) in [7, 11) is 0. The number of aryl methyl sites for hydroxylation is 1. The van der Waals surface area contributed by atoms with Gasteiger partial charge in [0.05, 0.1) is 10.4 Å². The SMILES string of the molecule is Cc1ccc(-c2nc(C3(N)CCCC3)no2)s1.Cl. The van der Waals surface area contributed by atoms with Crippen LogP contribution in [0.3, 0.4) is 0 Å². The van der Waals surface area contributed by atoms with Gasteiger partial charge in [0.25, 0.3) is 5.89 Å². The second kappa shape index (κ2) is 4.99. The topological polar surface area (TPSA) is 64.9 Å². The molecule has 0 unspecified atom stereocenters. The highest BCUT2D eigenvalue weighted by molar-refractivity contribution is 7.15. The predicted molar refractivity (Wildman–Crippen MR) is 73.9 cm³/mol. The van der Waals surface area contributed by atoms with E-state index in [9.17, 15) is 0 Å². The minimum absolute atomic E-state index is 0. The highest BCUT2D eigenvalue weighted by atomic mass is 35.5. The molecule has 0 aliphatic heterocycles.